The van der Waals surface area contributed by atoms with E-state index in [9.17, 15) is 22.4 Å². The number of esters is 1. The van der Waals surface area contributed by atoms with Crippen molar-refractivity contribution in [3.63, 3.8) is 0 Å². The number of benzene rings is 1. The molecule has 1 aromatic carbocycles. The molecular weight excluding hydrogens is 398 g/mol. The monoisotopic (exact) mass is 419 g/mol. The molecule has 4 nitrogen and oxygen atoms in total. The van der Waals surface area contributed by atoms with Crippen molar-refractivity contribution in [1.29, 1.82) is 5.26 Å². The topological polar surface area (TPSA) is 59.3 Å². The lowest BCUT2D eigenvalue weighted by Gasteiger charge is -2.28. The van der Waals surface area contributed by atoms with Crippen LogP contribution in [0.25, 0.3) is 0 Å². The molecule has 0 bridgehead atoms. The number of carbonyl (C=O) groups is 1. The van der Waals surface area contributed by atoms with E-state index in [2.05, 4.69) is 17.4 Å². The van der Waals surface area contributed by atoms with Gasteiger partial charge in [-0.2, -0.15) is 5.26 Å². The molecule has 9 heteroatoms. The van der Waals surface area contributed by atoms with Crippen LogP contribution in [0.2, 0.25) is 0 Å². The first kappa shape index (κ1) is 24.0. The van der Waals surface area contributed by atoms with Crippen LogP contribution >= 0.6 is 12.6 Å². The lowest BCUT2D eigenvalue weighted by molar-refractivity contribution is -0.148. The number of halogens is 4. The Morgan fingerprint density at radius 2 is 1.61 bits per heavy atom. The van der Waals surface area contributed by atoms with E-state index in [-0.39, 0.29) is 17.2 Å². The van der Waals surface area contributed by atoms with Crippen molar-refractivity contribution in [2.75, 3.05) is 7.11 Å². The predicted octanol–water partition coefficient (Wildman–Crippen LogP) is 4.82. The van der Waals surface area contributed by atoms with Crippen LogP contribution in [-0.4, -0.2) is 13.1 Å². The third kappa shape index (κ3) is 5.72. The van der Waals surface area contributed by atoms with E-state index in [1.54, 1.807) is 26.8 Å². The van der Waals surface area contributed by atoms with E-state index in [4.69, 9.17) is 10.00 Å². The zero-order valence-electron chi connectivity index (χ0n) is 15.9. The molecule has 0 fully saturated rings. The summed E-state index contributed by atoms with van der Waals surface area (Å²) >= 11 is 3.97. The molecule has 0 amide bonds. The average Bonchev–Trinajstić information content (AvgIpc) is 2.62. The summed E-state index contributed by atoms with van der Waals surface area (Å²) < 4.78 is 65.3. The van der Waals surface area contributed by atoms with Crippen molar-refractivity contribution in [2.24, 2.45) is 11.3 Å². The van der Waals surface area contributed by atoms with E-state index in [0.29, 0.717) is 0 Å². The summed E-state index contributed by atoms with van der Waals surface area (Å²) in [5.74, 6) is -7.52. The molecule has 1 aromatic rings. The van der Waals surface area contributed by atoms with Gasteiger partial charge in [0.25, 0.3) is 0 Å². The normalized spacial score (nSPS) is 13.2. The van der Waals surface area contributed by atoms with E-state index < -0.39 is 59.0 Å². The fraction of sp³-hybridized carbons (Fsp3) is 0.474. The van der Waals surface area contributed by atoms with Crippen molar-refractivity contribution in [3.05, 3.63) is 45.4 Å². The minimum atomic E-state index is -1.64. The van der Waals surface area contributed by atoms with Crippen LogP contribution in [0.5, 0.6) is 0 Å². The molecule has 154 valence electrons. The number of thiol groups is 1. The van der Waals surface area contributed by atoms with Crippen LogP contribution in [0.3, 0.4) is 0 Å². The molecule has 0 aliphatic heterocycles. The molecule has 0 heterocycles. The molecule has 0 saturated carbocycles. The third-order valence-corrected chi connectivity index (χ3v) is 4.72. The molecule has 0 N–H and O–H groups in total. The SMILES string of the molecule is COCc1c(F)c(F)c(COC(=O)CC(C)(C)C(C)C=C(S)C#N)c(F)c1F. The van der Waals surface area contributed by atoms with Crippen molar-refractivity contribution >= 4 is 18.6 Å². The van der Waals surface area contributed by atoms with Crippen LogP contribution in [0.15, 0.2) is 11.0 Å². The predicted molar refractivity (Wildman–Crippen MR) is 97.0 cm³/mol. The van der Waals surface area contributed by atoms with Crippen LogP contribution < -0.4 is 0 Å². The number of nitriles is 1. The molecule has 1 unspecified atom stereocenters. The first-order valence-corrected chi connectivity index (χ1v) is 8.70. The van der Waals surface area contributed by atoms with Gasteiger partial charge < -0.3 is 9.47 Å². The van der Waals surface area contributed by atoms with E-state index in [0.717, 1.165) is 7.11 Å². The van der Waals surface area contributed by atoms with Gasteiger partial charge in [0.2, 0.25) is 0 Å². The summed E-state index contributed by atoms with van der Waals surface area (Å²) in [5, 5.41) is 8.77. The van der Waals surface area contributed by atoms with Crippen molar-refractivity contribution < 1.29 is 31.8 Å². The van der Waals surface area contributed by atoms with Gasteiger partial charge in [-0.05, 0) is 11.3 Å². The van der Waals surface area contributed by atoms with Gasteiger partial charge in [0.1, 0.15) is 12.7 Å². The van der Waals surface area contributed by atoms with Gasteiger partial charge in [-0.1, -0.05) is 26.8 Å². The first-order chi connectivity index (χ1) is 13.0. The smallest absolute Gasteiger partial charge is 0.306 e. The second-order valence-corrected chi connectivity index (χ2v) is 7.41. The van der Waals surface area contributed by atoms with Gasteiger partial charge in [-0.15, -0.1) is 12.6 Å². The second kappa shape index (κ2) is 9.94. The summed E-state index contributed by atoms with van der Waals surface area (Å²) in [6.07, 6.45) is 1.40. The maximum atomic E-state index is 14.0. The number of hydrogen-bond acceptors (Lipinski definition) is 5. The second-order valence-electron chi connectivity index (χ2n) is 6.92. The van der Waals surface area contributed by atoms with E-state index in [1.807, 2.05) is 6.07 Å². The first-order valence-electron chi connectivity index (χ1n) is 8.25. The molecule has 1 atom stereocenters. The Balaban J connectivity index is 2.93. The molecule has 0 aliphatic rings. The Bertz CT molecular complexity index is 789. The van der Waals surface area contributed by atoms with Crippen LogP contribution in [0.1, 0.15) is 38.3 Å². The average molecular weight is 419 g/mol. The van der Waals surface area contributed by atoms with Crippen LogP contribution in [0.4, 0.5) is 17.6 Å². The fourth-order valence-corrected chi connectivity index (χ4v) is 2.58. The maximum absolute atomic E-state index is 14.0. The van der Waals surface area contributed by atoms with E-state index in [1.165, 1.54) is 0 Å². The Kier molecular flexibility index (Phi) is 8.51. The molecule has 0 aliphatic carbocycles. The minimum absolute atomic E-state index is 0.160. The van der Waals surface area contributed by atoms with Crippen molar-refractivity contribution in [1.82, 2.24) is 0 Å². The lowest BCUT2D eigenvalue weighted by Crippen LogP contribution is -2.25. The number of carbonyl (C=O) groups excluding carboxylic acids is 1. The summed E-state index contributed by atoms with van der Waals surface area (Å²) in [6.45, 7) is 3.61. The Hall–Kier alpha value is -2.05. The summed E-state index contributed by atoms with van der Waals surface area (Å²) in [5.41, 5.74) is -2.57. The third-order valence-electron chi connectivity index (χ3n) is 4.47. The number of allylic oxidation sites excluding steroid dienone is 2. The Morgan fingerprint density at radius 1 is 1.14 bits per heavy atom. The zero-order valence-corrected chi connectivity index (χ0v) is 16.8. The van der Waals surface area contributed by atoms with Crippen molar-refractivity contribution in [2.45, 2.75) is 40.4 Å². The van der Waals surface area contributed by atoms with Gasteiger partial charge in [0.05, 0.1) is 29.1 Å². The lowest BCUT2D eigenvalue weighted by atomic mass is 9.77. The molecule has 0 spiro atoms. The molecule has 0 radical (unpaired) electrons. The number of hydrogen-bond donors (Lipinski definition) is 1. The standard InChI is InChI=1S/C19H21F4NO3S/c1-10(5-11(28)7-24)19(2,3)6-14(25)27-9-13-17(22)15(20)12(8-26-4)16(21)18(13)23/h5,10,28H,6,8-9H2,1-4H3. The van der Waals surface area contributed by atoms with E-state index >= 15 is 0 Å². The highest BCUT2D eigenvalue weighted by Gasteiger charge is 2.30. The zero-order chi connectivity index (χ0) is 21.6. The van der Waals surface area contributed by atoms with Crippen molar-refractivity contribution in [3.8, 4) is 6.07 Å². The summed E-state index contributed by atoms with van der Waals surface area (Å²) in [4.78, 5) is 12.3. The Labute approximate surface area is 166 Å². The highest BCUT2D eigenvalue weighted by atomic mass is 32.1. The van der Waals surface area contributed by atoms with Gasteiger partial charge in [0, 0.05) is 7.11 Å². The molecule has 0 saturated heterocycles. The summed E-state index contributed by atoms with van der Waals surface area (Å²) in [6, 6.07) is 1.85. The molecule has 1 rings (SSSR count). The van der Waals surface area contributed by atoms with Gasteiger partial charge >= 0.3 is 5.97 Å². The van der Waals surface area contributed by atoms with Gasteiger partial charge in [-0.25, -0.2) is 17.6 Å². The highest BCUT2D eigenvalue weighted by Crippen LogP contribution is 2.33. The largest absolute Gasteiger partial charge is 0.461 e. The van der Waals surface area contributed by atoms with Crippen LogP contribution in [-0.2, 0) is 27.5 Å². The molecule has 28 heavy (non-hydrogen) atoms. The highest BCUT2D eigenvalue weighted by molar-refractivity contribution is 7.84. The van der Waals surface area contributed by atoms with Crippen LogP contribution in [0, 0.1) is 45.9 Å². The number of rotatable bonds is 8. The summed E-state index contributed by atoms with van der Waals surface area (Å²) in [7, 11) is 1.12. The number of methoxy groups -OCH3 is 1. The molecular formula is C19H21F4NO3S. The Morgan fingerprint density at radius 3 is 2.04 bits per heavy atom. The fourth-order valence-electron chi connectivity index (χ4n) is 2.36. The number of ether oxygens (including phenoxy) is 2. The number of nitrogens with zero attached hydrogens (tertiary/aromatic N) is 1. The maximum Gasteiger partial charge on any atom is 0.306 e. The molecule has 0 aromatic heterocycles. The quantitative estimate of drug-likeness (QED) is 0.216. The van der Waals surface area contributed by atoms with Gasteiger partial charge in [-0.3, -0.25) is 4.79 Å². The minimum Gasteiger partial charge on any atom is -0.461 e. The van der Waals surface area contributed by atoms with Gasteiger partial charge in [0.15, 0.2) is 23.3 Å².